The van der Waals surface area contributed by atoms with E-state index in [1.54, 1.807) is 21.1 Å². The van der Waals surface area contributed by atoms with Crippen LogP contribution >= 0.6 is 0 Å². The molecule has 1 aromatic heterocycles. The van der Waals surface area contributed by atoms with E-state index in [1.165, 1.54) is 5.56 Å². The largest absolute Gasteiger partial charge is 0.497 e. The molecule has 0 saturated heterocycles. The minimum atomic E-state index is -0.158. The fourth-order valence-electron chi connectivity index (χ4n) is 2.63. The van der Waals surface area contributed by atoms with Crippen LogP contribution in [0.4, 0.5) is 0 Å². The maximum atomic E-state index is 11.5. The molecule has 0 aliphatic carbocycles. The number of benzene rings is 1. The summed E-state index contributed by atoms with van der Waals surface area (Å²) in [6.45, 7) is 3.73. The van der Waals surface area contributed by atoms with Crippen LogP contribution in [-0.4, -0.2) is 31.0 Å². The highest BCUT2D eigenvalue weighted by Crippen LogP contribution is 2.26. The summed E-state index contributed by atoms with van der Waals surface area (Å²) in [6, 6.07) is 9.96. The lowest BCUT2D eigenvalue weighted by Crippen LogP contribution is -2.34. The summed E-state index contributed by atoms with van der Waals surface area (Å²) in [6.07, 6.45) is 3.43. The third kappa shape index (κ3) is 4.17. The summed E-state index contributed by atoms with van der Waals surface area (Å²) >= 11 is 0. The number of methoxy groups -OCH3 is 1. The summed E-state index contributed by atoms with van der Waals surface area (Å²) in [7, 11) is 3.48. The van der Waals surface area contributed by atoms with Gasteiger partial charge in [0.15, 0.2) is 0 Å². The Morgan fingerprint density at radius 1 is 1.30 bits per heavy atom. The summed E-state index contributed by atoms with van der Waals surface area (Å²) in [5, 5.41) is 3.04. The smallest absolute Gasteiger partial charge is 0.147 e. The van der Waals surface area contributed by atoms with Gasteiger partial charge in [-0.2, -0.15) is 0 Å². The van der Waals surface area contributed by atoms with Crippen LogP contribution in [0.25, 0.3) is 11.3 Å². The van der Waals surface area contributed by atoms with Gasteiger partial charge in [0.25, 0.3) is 0 Å². The number of carbonyl (C=O) groups excluding carboxylic acids is 1. The number of rotatable bonds is 7. The summed E-state index contributed by atoms with van der Waals surface area (Å²) in [5.74, 6) is 1.00. The third-order valence-electron chi connectivity index (χ3n) is 4.07. The van der Waals surface area contributed by atoms with Crippen LogP contribution in [0.15, 0.2) is 36.5 Å². The van der Waals surface area contributed by atoms with Crippen LogP contribution in [-0.2, 0) is 17.6 Å². The molecule has 0 spiro atoms. The first-order valence-corrected chi connectivity index (χ1v) is 7.89. The van der Waals surface area contributed by atoms with Gasteiger partial charge >= 0.3 is 0 Å². The van der Waals surface area contributed by atoms with Crippen molar-refractivity contribution in [2.45, 2.75) is 32.7 Å². The van der Waals surface area contributed by atoms with Crippen molar-refractivity contribution in [2.75, 3.05) is 14.2 Å². The van der Waals surface area contributed by atoms with Crippen molar-refractivity contribution in [1.82, 2.24) is 10.3 Å². The van der Waals surface area contributed by atoms with E-state index in [9.17, 15) is 4.79 Å². The molecule has 4 nitrogen and oxygen atoms in total. The quantitative estimate of drug-likeness (QED) is 0.854. The number of nitrogens with one attached hydrogen (secondary N) is 1. The first kappa shape index (κ1) is 17.2. The SMILES string of the molecule is CCc1cc(OC)ccc1-c1ccc(C[C@H](NC)C(C)=O)cn1. The number of aryl methyl sites for hydroxylation is 1. The molecule has 0 amide bonds. The van der Waals surface area contributed by atoms with Gasteiger partial charge in [-0.1, -0.05) is 13.0 Å². The van der Waals surface area contributed by atoms with Gasteiger partial charge < -0.3 is 10.1 Å². The molecule has 1 aromatic carbocycles. The monoisotopic (exact) mass is 312 g/mol. The van der Waals surface area contributed by atoms with Crippen molar-refractivity contribution in [3.05, 3.63) is 47.7 Å². The molecule has 1 N–H and O–H groups in total. The van der Waals surface area contributed by atoms with Gasteiger partial charge in [-0.15, -0.1) is 0 Å². The average Bonchev–Trinajstić information content (AvgIpc) is 2.59. The van der Waals surface area contributed by atoms with E-state index < -0.39 is 0 Å². The number of ether oxygens (including phenoxy) is 1. The fourth-order valence-corrected chi connectivity index (χ4v) is 2.63. The predicted octanol–water partition coefficient (Wildman–Crippen LogP) is 3.04. The molecular weight excluding hydrogens is 288 g/mol. The Balaban J connectivity index is 2.24. The molecule has 0 bridgehead atoms. The molecule has 0 aliphatic heterocycles. The summed E-state index contributed by atoms with van der Waals surface area (Å²) < 4.78 is 5.29. The molecule has 2 rings (SSSR count). The zero-order valence-corrected chi connectivity index (χ0v) is 14.2. The van der Waals surface area contributed by atoms with Crippen molar-refractivity contribution >= 4 is 5.78 Å². The highest BCUT2D eigenvalue weighted by Gasteiger charge is 2.13. The number of aromatic nitrogens is 1. The fraction of sp³-hybridized carbons (Fsp3) is 0.368. The molecule has 23 heavy (non-hydrogen) atoms. The second kappa shape index (κ2) is 7.88. The third-order valence-corrected chi connectivity index (χ3v) is 4.07. The van der Waals surface area contributed by atoms with Gasteiger partial charge in [0.05, 0.1) is 18.8 Å². The van der Waals surface area contributed by atoms with E-state index >= 15 is 0 Å². The van der Waals surface area contributed by atoms with E-state index in [-0.39, 0.29) is 11.8 Å². The Morgan fingerprint density at radius 2 is 2.09 bits per heavy atom. The Labute approximate surface area is 137 Å². The molecule has 0 fully saturated rings. The molecule has 0 unspecified atom stereocenters. The molecule has 0 radical (unpaired) electrons. The van der Waals surface area contributed by atoms with Crippen molar-refractivity contribution in [3.63, 3.8) is 0 Å². The number of Topliss-reactive ketones (excluding diaryl/α,β-unsaturated/α-hetero) is 1. The average molecular weight is 312 g/mol. The number of ketones is 1. The van der Waals surface area contributed by atoms with Gasteiger partial charge in [-0.05, 0) is 62.2 Å². The van der Waals surface area contributed by atoms with Crippen molar-refractivity contribution < 1.29 is 9.53 Å². The van der Waals surface area contributed by atoms with Crippen molar-refractivity contribution in [2.24, 2.45) is 0 Å². The zero-order valence-electron chi connectivity index (χ0n) is 14.2. The lowest BCUT2D eigenvalue weighted by atomic mass is 10.00. The molecule has 4 heteroatoms. The molecule has 0 saturated carbocycles. The molecule has 2 aromatic rings. The summed E-state index contributed by atoms with van der Waals surface area (Å²) in [5.41, 5.74) is 4.32. The van der Waals surface area contributed by atoms with E-state index in [0.717, 1.165) is 29.0 Å². The number of hydrogen-bond acceptors (Lipinski definition) is 4. The maximum absolute atomic E-state index is 11.5. The van der Waals surface area contributed by atoms with E-state index in [1.807, 2.05) is 30.5 Å². The number of likely N-dealkylation sites (N-methyl/N-ethyl adjacent to an activating group) is 1. The van der Waals surface area contributed by atoms with Crippen LogP contribution in [0.1, 0.15) is 25.0 Å². The molecule has 1 heterocycles. The Hall–Kier alpha value is -2.20. The minimum absolute atomic E-state index is 0.139. The highest BCUT2D eigenvalue weighted by atomic mass is 16.5. The minimum Gasteiger partial charge on any atom is -0.497 e. The van der Waals surface area contributed by atoms with E-state index in [2.05, 4.69) is 23.3 Å². The van der Waals surface area contributed by atoms with Crippen LogP contribution in [0.2, 0.25) is 0 Å². The number of nitrogens with zero attached hydrogens (tertiary/aromatic N) is 1. The van der Waals surface area contributed by atoms with Crippen LogP contribution in [0, 0.1) is 0 Å². The van der Waals surface area contributed by atoms with Gasteiger partial charge in [0, 0.05) is 11.8 Å². The molecule has 0 aliphatic rings. The van der Waals surface area contributed by atoms with Gasteiger partial charge in [0.2, 0.25) is 0 Å². The number of pyridine rings is 1. The van der Waals surface area contributed by atoms with Crippen LogP contribution in [0.3, 0.4) is 0 Å². The van der Waals surface area contributed by atoms with Crippen molar-refractivity contribution in [1.29, 1.82) is 0 Å². The first-order valence-electron chi connectivity index (χ1n) is 7.89. The second-order valence-electron chi connectivity index (χ2n) is 5.58. The number of hydrogen-bond donors (Lipinski definition) is 1. The second-order valence-corrected chi connectivity index (χ2v) is 5.58. The van der Waals surface area contributed by atoms with Gasteiger partial charge in [0.1, 0.15) is 11.5 Å². The van der Waals surface area contributed by atoms with Crippen LogP contribution in [0.5, 0.6) is 5.75 Å². The van der Waals surface area contributed by atoms with E-state index in [4.69, 9.17) is 4.74 Å². The Bertz CT molecular complexity index is 666. The lowest BCUT2D eigenvalue weighted by Gasteiger charge is -2.13. The maximum Gasteiger partial charge on any atom is 0.147 e. The molecule has 122 valence electrons. The van der Waals surface area contributed by atoms with Gasteiger partial charge in [-0.3, -0.25) is 9.78 Å². The molecular formula is C19H24N2O2. The number of carbonyl (C=O) groups is 1. The topological polar surface area (TPSA) is 51.2 Å². The van der Waals surface area contributed by atoms with Crippen LogP contribution < -0.4 is 10.1 Å². The summed E-state index contributed by atoms with van der Waals surface area (Å²) in [4.78, 5) is 16.1. The van der Waals surface area contributed by atoms with Gasteiger partial charge in [-0.25, -0.2) is 0 Å². The Kier molecular flexibility index (Phi) is 5.88. The highest BCUT2D eigenvalue weighted by molar-refractivity contribution is 5.81. The first-order chi connectivity index (χ1) is 11.1. The standard InChI is InChI=1S/C19H24N2O2/c1-5-15-11-16(23-4)7-8-17(15)18-9-6-14(12-21-18)10-19(20-3)13(2)22/h6-9,11-12,19-20H,5,10H2,1-4H3/t19-/m0/s1. The normalized spacial score (nSPS) is 12.0. The van der Waals surface area contributed by atoms with Crippen molar-refractivity contribution in [3.8, 4) is 17.0 Å². The Morgan fingerprint density at radius 3 is 2.61 bits per heavy atom. The molecule has 1 atom stereocenters. The van der Waals surface area contributed by atoms with E-state index in [0.29, 0.717) is 6.42 Å². The lowest BCUT2D eigenvalue weighted by molar-refractivity contribution is -0.118. The predicted molar refractivity (Wildman–Crippen MR) is 92.8 cm³/mol. The zero-order chi connectivity index (χ0) is 16.8.